The highest BCUT2D eigenvalue weighted by molar-refractivity contribution is 7.91. The van der Waals surface area contributed by atoms with Gasteiger partial charge in [0.15, 0.2) is 9.84 Å². The number of para-hydroxylation sites is 1. The number of urea groups is 1. The number of methoxy groups -OCH3 is 1. The van der Waals surface area contributed by atoms with Gasteiger partial charge >= 0.3 is 6.03 Å². The normalized spacial score (nSPS) is 18.6. The first-order valence-corrected chi connectivity index (χ1v) is 9.35. The molecule has 0 saturated carbocycles. The summed E-state index contributed by atoms with van der Waals surface area (Å²) in [5.74, 6) is 0.297. The molecule has 9 heteroatoms. The summed E-state index contributed by atoms with van der Waals surface area (Å²) in [6.45, 7) is 0.0483. The molecule has 1 atom stereocenters. The maximum absolute atomic E-state index is 11.7. The minimum Gasteiger partial charge on any atom is -0.496 e. The van der Waals surface area contributed by atoms with Crippen molar-refractivity contribution in [2.75, 3.05) is 25.2 Å². The Hall–Kier alpha value is -2.29. The van der Waals surface area contributed by atoms with Crippen LogP contribution in [0.15, 0.2) is 24.3 Å². The molecule has 1 aliphatic heterocycles. The van der Waals surface area contributed by atoms with Gasteiger partial charge in [-0.1, -0.05) is 18.2 Å². The molecule has 0 unspecified atom stereocenters. The molecule has 1 aromatic rings. The van der Waals surface area contributed by atoms with Crippen LogP contribution in [0, 0.1) is 0 Å². The van der Waals surface area contributed by atoms with Gasteiger partial charge in [0.05, 0.1) is 25.2 Å². The van der Waals surface area contributed by atoms with Crippen molar-refractivity contribution >= 4 is 21.8 Å². The Labute approximate surface area is 140 Å². The lowest BCUT2D eigenvalue weighted by Gasteiger charge is -2.12. The molecular formula is C15H21N3O5S. The lowest BCUT2D eigenvalue weighted by atomic mass is 10.2. The van der Waals surface area contributed by atoms with Crippen molar-refractivity contribution in [2.45, 2.75) is 19.0 Å². The third kappa shape index (κ3) is 5.41. The summed E-state index contributed by atoms with van der Waals surface area (Å²) in [5.41, 5.74) is 0.816. The van der Waals surface area contributed by atoms with Crippen LogP contribution in [-0.2, 0) is 21.2 Å². The molecule has 0 bridgehead atoms. The van der Waals surface area contributed by atoms with Crippen LogP contribution < -0.4 is 20.7 Å². The molecule has 1 saturated heterocycles. The Morgan fingerprint density at radius 2 is 2.00 bits per heavy atom. The molecule has 3 amide bonds. The van der Waals surface area contributed by atoms with E-state index < -0.39 is 21.8 Å². The molecular weight excluding hydrogens is 334 g/mol. The summed E-state index contributed by atoms with van der Waals surface area (Å²) in [6.07, 6.45) is 0.411. The van der Waals surface area contributed by atoms with E-state index in [1.165, 1.54) is 0 Å². The van der Waals surface area contributed by atoms with E-state index in [0.717, 1.165) is 5.56 Å². The topological polar surface area (TPSA) is 114 Å². The van der Waals surface area contributed by atoms with Crippen LogP contribution in [0.25, 0.3) is 0 Å². The van der Waals surface area contributed by atoms with Crippen LogP contribution in [0.3, 0.4) is 0 Å². The van der Waals surface area contributed by atoms with Gasteiger partial charge in [-0.25, -0.2) is 13.2 Å². The number of nitrogens with one attached hydrogen (secondary N) is 3. The third-order valence-corrected chi connectivity index (χ3v) is 5.41. The predicted molar refractivity (Wildman–Crippen MR) is 88.4 cm³/mol. The van der Waals surface area contributed by atoms with Gasteiger partial charge in [0.25, 0.3) is 0 Å². The number of carbonyl (C=O) groups is 2. The number of benzene rings is 1. The molecule has 1 heterocycles. The van der Waals surface area contributed by atoms with Crippen molar-refractivity contribution < 1.29 is 22.7 Å². The van der Waals surface area contributed by atoms with E-state index in [4.69, 9.17) is 4.74 Å². The summed E-state index contributed by atoms with van der Waals surface area (Å²) in [6, 6.07) is 6.41. The monoisotopic (exact) mass is 355 g/mol. The quantitative estimate of drug-likeness (QED) is 0.654. The standard InChI is InChI=1S/C15H21N3O5S/c1-23-13-5-3-2-4-11(13)8-16-15(20)17-9-14(19)18-12-6-7-24(21,22)10-12/h2-5,12H,6-10H2,1H3,(H,18,19)(H2,16,17,20)/t12-/m0/s1. The van der Waals surface area contributed by atoms with Crippen LogP contribution in [0.5, 0.6) is 5.75 Å². The van der Waals surface area contributed by atoms with E-state index >= 15 is 0 Å². The minimum atomic E-state index is -3.04. The van der Waals surface area contributed by atoms with Crippen LogP contribution >= 0.6 is 0 Å². The molecule has 1 fully saturated rings. The summed E-state index contributed by atoms with van der Waals surface area (Å²) in [7, 11) is -1.50. The van der Waals surface area contributed by atoms with Crippen molar-refractivity contribution in [3.63, 3.8) is 0 Å². The van der Waals surface area contributed by atoms with E-state index in [2.05, 4.69) is 16.0 Å². The van der Waals surface area contributed by atoms with Gasteiger partial charge in [0, 0.05) is 18.2 Å². The molecule has 0 radical (unpaired) electrons. The molecule has 1 aliphatic rings. The second kappa shape index (κ2) is 8.00. The lowest BCUT2D eigenvalue weighted by Crippen LogP contribution is -2.45. The van der Waals surface area contributed by atoms with Crippen LogP contribution in [0.1, 0.15) is 12.0 Å². The van der Waals surface area contributed by atoms with Gasteiger partial charge in [-0.2, -0.15) is 0 Å². The molecule has 0 spiro atoms. The third-order valence-electron chi connectivity index (χ3n) is 3.64. The fourth-order valence-electron chi connectivity index (χ4n) is 2.44. The molecule has 2 rings (SSSR count). The number of hydrogen-bond donors (Lipinski definition) is 3. The van der Waals surface area contributed by atoms with Crippen molar-refractivity contribution in [1.82, 2.24) is 16.0 Å². The van der Waals surface area contributed by atoms with Crippen LogP contribution in [-0.4, -0.2) is 51.6 Å². The fraction of sp³-hybridized carbons (Fsp3) is 0.467. The Bertz CT molecular complexity index is 705. The fourth-order valence-corrected chi connectivity index (χ4v) is 4.11. The largest absolute Gasteiger partial charge is 0.496 e. The Kier molecular flexibility index (Phi) is 6.02. The molecule has 3 N–H and O–H groups in total. The number of hydrogen-bond acceptors (Lipinski definition) is 5. The van der Waals surface area contributed by atoms with Crippen molar-refractivity contribution in [1.29, 1.82) is 0 Å². The maximum Gasteiger partial charge on any atom is 0.315 e. The van der Waals surface area contributed by atoms with E-state index in [1.54, 1.807) is 13.2 Å². The van der Waals surface area contributed by atoms with Gasteiger partial charge in [0.1, 0.15) is 5.75 Å². The second-order valence-electron chi connectivity index (χ2n) is 5.52. The predicted octanol–water partition coefficient (Wildman–Crippen LogP) is -0.202. The molecule has 8 nitrogen and oxygen atoms in total. The Morgan fingerprint density at radius 1 is 1.25 bits per heavy atom. The van der Waals surface area contributed by atoms with E-state index in [0.29, 0.717) is 12.2 Å². The van der Waals surface area contributed by atoms with Gasteiger partial charge in [-0.15, -0.1) is 0 Å². The zero-order valence-corrected chi connectivity index (χ0v) is 14.2. The first kappa shape index (κ1) is 18.1. The molecule has 0 aromatic heterocycles. The summed E-state index contributed by atoms with van der Waals surface area (Å²) >= 11 is 0. The van der Waals surface area contributed by atoms with Crippen LogP contribution in [0.4, 0.5) is 4.79 Å². The number of rotatable bonds is 6. The average Bonchev–Trinajstić information content (AvgIpc) is 2.89. The smallest absolute Gasteiger partial charge is 0.315 e. The summed E-state index contributed by atoms with van der Waals surface area (Å²) in [4.78, 5) is 23.4. The lowest BCUT2D eigenvalue weighted by molar-refractivity contribution is -0.120. The minimum absolute atomic E-state index is 0.0429. The van der Waals surface area contributed by atoms with Crippen LogP contribution in [0.2, 0.25) is 0 Å². The van der Waals surface area contributed by atoms with Crippen molar-refractivity contribution in [3.05, 3.63) is 29.8 Å². The first-order chi connectivity index (χ1) is 11.4. The number of ether oxygens (including phenoxy) is 1. The van der Waals surface area contributed by atoms with Gasteiger partial charge in [-0.3, -0.25) is 4.79 Å². The maximum atomic E-state index is 11.7. The van der Waals surface area contributed by atoms with E-state index in [-0.39, 0.29) is 30.6 Å². The van der Waals surface area contributed by atoms with Crippen molar-refractivity contribution in [3.8, 4) is 5.75 Å². The zero-order valence-electron chi connectivity index (χ0n) is 13.4. The average molecular weight is 355 g/mol. The highest BCUT2D eigenvalue weighted by Crippen LogP contribution is 2.16. The van der Waals surface area contributed by atoms with E-state index in [9.17, 15) is 18.0 Å². The number of carbonyl (C=O) groups excluding carboxylic acids is 2. The second-order valence-corrected chi connectivity index (χ2v) is 7.74. The summed E-state index contributed by atoms with van der Waals surface area (Å²) in [5, 5.41) is 7.66. The molecule has 1 aromatic carbocycles. The highest BCUT2D eigenvalue weighted by atomic mass is 32.2. The molecule has 132 valence electrons. The molecule has 0 aliphatic carbocycles. The number of sulfone groups is 1. The number of amides is 3. The highest BCUT2D eigenvalue weighted by Gasteiger charge is 2.28. The van der Waals surface area contributed by atoms with E-state index in [1.807, 2.05) is 18.2 Å². The van der Waals surface area contributed by atoms with Crippen molar-refractivity contribution in [2.24, 2.45) is 0 Å². The molecule has 24 heavy (non-hydrogen) atoms. The SMILES string of the molecule is COc1ccccc1CNC(=O)NCC(=O)N[C@H]1CCS(=O)(=O)C1. The summed E-state index contributed by atoms with van der Waals surface area (Å²) < 4.78 is 27.8. The van der Waals surface area contributed by atoms with Gasteiger partial charge in [0.2, 0.25) is 5.91 Å². The Balaban J connectivity index is 1.70. The zero-order chi connectivity index (χ0) is 17.6. The first-order valence-electron chi connectivity index (χ1n) is 7.53. The van der Waals surface area contributed by atoms with Gasteiger partial charge in [-0.05, 0) is 12.5 Å². The van der Waals surface area contributed by atoms with Gasteiger partial charge < -0.3 is 20.7 Å². The Morgan fingerprint density at radius 3 is 2.67 bits per heavy atom.